The number of urea groups is 1. The highest BCUT2D eigenvalue weighted by atomic mass is 32.2. The van der Waals surface area contributed by atoms with Gasteiger partial charge in [0.25, 0.3) is 5.91 Å². The average Bonchev–Trinajstić information content (AvgIpc) is 2.52. The predicted molar refractivity (Wildman–Crippen MR) is 82.7 cm³/mol. The summed E-state index contributed by atoms with van der Waals surface area (Å²) in [6.45, 7) is 3.19. The van der Waals surface area contributed by atoms with Crippen molar-refractivity contribution < 1.29 is 19.1 Å². The fourth-order valence-electron chi connectivity index (χ4n) is 1.44. The SMILES string of the molecule is CC[C@H](C)NC(=O)NC(=O)COC(=O)c1cccnc1SC. The number of nitrogens with one attached hydrogen (secondary N) is 2. The standard InChI is InChI=1S/C14H19N3O4S/c1-4-9(2)16-14(20)17-11(18)8-21-13(19)10-6-5-7-15-12(10)22-3/h5-7,9H,4,8H2,1-3H3,(H2,16,17,18,20)/t9-/m0/s1. The lowest BCUT2D eigenvalue weighted by molar-refractivity contribution is -0.123. The molecule has 0 fully saturated rings. The molecule has 0 radical (unpaired) electrons. The molecule has 0 saturated heterocycles. The summed E-state index contributed by atoms with van der Waals surface area (Å²) >= 11 is 1.30. The number of hydrogen-bond acceptors (Lipinski definition) is 6. The van der Waals surface area contributed by atoms with Crippen LogP contribution in [0.2, 0.25) is 0 Å². The Morgan fingerprint density at radius 3 is 2.77 bits per heavy atom. The zero-order valence-electron chi connectivity index (χ0n) is 12.7. The van der Waals surface area contributed by atoms with Crippen molar-refractivity contribution in [3.8, 4) is 0 Å². The molecule has 1 aromatic rings. The van der Waals surface area contributed by atoms with E-state index in [9.17, 15) is 14.4 Å². The summed E-state index contributed by atoms with van der Waals surface area (Å²) in [7, 11) is 0. The van der Waals surface area contributed by atoms with E-state index in [0.29, 0.717) is 5.03 Å². The number of thioether (sulfide) groups is 1. The van der Waals surface area contributed by atoms with Crippen LogP contribution in [-0.4, -0.2) is 41.8 Å². The van der Waals surface area contributed by atoms with Crippen molar-refractivity contribution in [1.29, 1.82) is 0 Å². The number of hydrogen-bond donors (Lipinski definition) is 2. The van der Waals surface area contributed by atoms with Crippen molar-refractivity contribution in [3.05, 3.63) is 23.9 Å². The molecule has 1 aromatic heterocycles. The van der Waals surface area contributed by atoms with Gasteiger partial charge in [-0.2, -0.15) is 0 Å². The van der Waals surface area contributed by atoms with Crippen molar-refractivity contribution in [2.24, 2.45) is 0 Å². The molecular weight excluding hydrogens is 306 g/mol. The Morgan fingerprint density at radius 2 is 2.14 bits per heavy atom. The van der Waals surface area contributed by atoms with Crippen LogP contribution >= 0.6 is 11.8 Å². The number of carbonyl (C=O) groups excluding carboxylic acids is 3. The number of imide groups is 1. The summed E-state index contributed by atoms with van der Waals surface area (Å²) in [5.41, 5.74) is 0.284. The van der Waals surface area contributed by atoms with Gasteiger partial charge in [-0.1, -0.05) is 6.92 Å². The van der Waals surface area contributed by atoms with Crippen LogP contribution < -0.4 is 10.6 Å². The Kier molecular flexibility index (Phi) is 7.38. The molecule has 8 heteroatoms. The number of aromatic nitrogens is 1. The maximum absolute atomic E-state index is 11.9. The summed E-state index contributed by atoms with van der Waals surface area (Å²) in [6, 6.07) is 2.52. The summed E-state index contributed by atoms with van der Waals surface area (Å²) in [5, 5.41) is 5.18. The van der Waals surface area contributed by atoms with Gasteiger partial charge in [-0.05, 0) is 31.7 Å². The first-order chi connectivity index (χ1) is 10.5. The highest BCUT2D eigenvalue weighted by Crippen LogP contribution is 2.17. The molecule has 0 spiro atoms. The van der Waals surface area contributed by atoms with Crippen molar-refractivity contribution in [1.82, 2.24) is 15.6 Å². The smallest absolute Gasteiger partial charge is 0.341 e. The minimum atomic E-state index is -0.691. The molecule has 2 N–H and O–H groups in total. The molecule has 0 aromatic carbocycles. The van der Waals surface area contributed by atoms with Crippen molar-refractivity contribution >= 4 is 29.7 Å². The third kappa shape index (κ3) is 5.72. The van der Waals surface area contributed by atoms with Gasteiger partial charge in [0, 0.05) is 12.2 Å². The van der Waals surface area contributed by atoms with Gasteiger partial charge >= 0.3 is 12.0 Å². The molecule has 22 heavy (non-hydrogen) atoms. The van der Waals surface area contributed by atoms with Gasteiger partial charge in [0.2, 0.25) is 0 Å². The average molecular weight is 325 g/mol. The zero-order chi connectivity index (χ0) is 16.5. The summed E-state index contributed by atoms with van der Waals surface area (Å²) in [6.07, 6.45) is 4.09. The van der Waals surface area contributed by atoms with Crippen molar-refractivity contribution in [3.63, 3.8) is 0 Å². The van der Waals surface area contributed by atoms with Gasteiger partial charge in [0.05, 0.1) is 5.56 Å². The number of nitrogens with zero attached hydrogens (tertiary/aromatic N) is 1. The molecule has 1 atom stereocenters. The molecular formula is C14H19N3O4S. The summed E-state index contributed by atoms with van der Waals surface area (Å²) in [5.74, 6) is -1.35. The first kappa shape index (κ1) is 18.0. The lowest BCUT2D eigenvalue weighted by atomic mass is 10.3. The van der Waals surface area contributed by atoms with E-state index < -0.39 is 24.5 Å². The van der Waals surface area contributed by atoms with Crippen LogP contribution in [0.15, 0.2) is 23.4 Å². The first-order valence-corrected chi connectivity index (χ1v) is 7.96. The fourth-order valence-corrected chi connectivity index (χ4v) is 1.98. The van der Waals surface area contributed by atoms with Crippen molar-refractivity contribution in [2.45, 2.75) is 31.3 Å². The quantitative estimate of drug-likeness (QED) is 0.609. The minimum Gasteiger partial charge on any atom is -0.452 e. The molecule has 0 bridgehead atoms. The molecule has 0 aliphatic heterocycles. The van der Waals surface area contributed by atoms with E-state index in [1.807, 2.05) is 13.8 Å². The fraction of sp³-hybridized carbons (Fsp3) is 0.429. The highest BCUT2D eigenvalue weighted by molar-refractivity contribution is 7.98. The normalized spacial score (nSPS) is 11.4. The second-order valence-corrected chi connectivity index (χ2v) is 5.26. The number of ether oxygens (including phenoxy) is 1. The molecule has 0 saturated carbocycles. The zero-order valence-corrected chi connectivity index (χ0v) is 13.5. The maximum atomic E-state index is 11.9. The van der Waals surface area contributed by atoms with Crippen molar-refractivity contribution in [2.75, 3.05) is 12.9 Å². The summed E-state index contributed by atoms with van der Waals surface area (Å²) < 4.78 is 4.88. The van der Waals surface area contributed by atoms with Crippen LogP contribution in [0.25, 0.3) is 0 Å². The van der Waals surface area contributed by atoms with Gasteiger partial charge in [-0.25, -0.2) is 14.6 Å². The Balaban J connectivity index is 2.47. The number of carbonyl (C=O) groups is 3. The highest BCUT2D eigenvalue weighted by Gasteiger charge is 2.16. The monoisotopic (exact) mass is 325 g/mol. The van der Waals surface area contributed by atoms with Crippen LogP contribution in [0.1, 0.15) is 30.6 Å². The molecule has 3 amide bonds. The lowest BCUT2D eigenvalue weighted by Crippen LogP contribution is -2.44. The predicted octanol–water partition coefficient (Wildman–Crippen LogP) is 1.58. The number of pyridine rings is 1. The lowest BCUT2D eigenvalue weighted by Gasteiger charge is -2.12. The Morgan fingerprint density at radius 1 is 1.41 bits per heavy atom. The van der Waals surface area contributed by atoms with Gasteiger partial charge in [0.1, 0.15) is 5.03 Å². The van der Waals surface area contributed by atoms with Crippen LogP contribution in [0.5, 0.6) is 0 Å². The Labute approximate surface area is 133 Å². The first-order valence-electron chi connectivity index (χ1n) is 6.74. The van der Waals surface area contributed by atoms with E-state index in [2.05, 4.69) is 15.6 Å². The summed E-state index contributed by atoms with van der Waals surface area (Å²) in [4.78, 5) is 38.9. The van der Waals surface area contributed by atoms with Crippen LogP contribution in [0.3, 0.4) is 0 Å². The molecule has 0 aliphatic carbocycles. The van der Waals surface area contributed by atoms with E-state index in [0.717, 1.165) is 6.42 Å². The van der Waals surface area contributed by atoms with Crippen LogP contribution in [0, 0.1) is 0 Å². The van der Waals surface area contributed by atoms with Crippen LogP contribution in [-0.2, 0) is 9.53 Å². The molecule has 0 unspecified atom stereocenters. The minimum absolute atomic E-state index is 0.0464. The Bertz CT molecular complexity index is 551. The number of rotatable bonds is 6. The van der Waals surface area contributed by atoms with E-state index in [1.54, 1.807) is 24.6 Å². The van der Waals surface area contributed by atoms with E-state index in [-0.39, 0.29) is 11.6 Å². The second kappa shape index (κ2) is 9.04. The van der Waals surface area contributed by atoms with Gasteiger partial charge in [0.15, 0.2) is 6.61 Å². The topological polar surface area (TPSA) is 97.4 Å². The third-order valence-electron chi connectivity index (χ3n) is 2.76. The molecule has 0 aliphatic rings. The molecule has 120 valence electrons. The van der Waals surface area contributed by atoms with Crippen LogP contribution in [0.4, 0.5) is 4.79 Å². The number of esters is 1. The van der Waals surface area contributed by atoms with E-state index in [1.165, 1.54) is 11.8 Å². The van der Waals surface area contributed by atoms with E-state index >= 15 is 0 Å². The van der Waals surface area contributed by atoms with Gasteiger partial charge < -0.3 is 10.1 Å². The third-order valence-corrected chi connectivity index (χ3v) is 3.47. The molecule has 7 nitrogen and oxygen atoms in total. The number of amides is 3. The second-order valence-electron chi connectivity index (χ2n) is 4.47. The Hall–Kier alpha value is -2.09. The molecule has 1 heterocycles. The molecule has 1 rings (SSSR count). The van der Waals surface area contributed by atoms with E-state index in [4.69, 9.17) is 4.74 Å². The van der Waals surface area contributed by atoms with Gasteiger partial charge in [-0.15, -0.1) is 11.8 Å². The van der Waals surface area contributed by atoms with Gasteiger partial charge in [-0.3, -0.25) is 10.1 Å². The maximum Gasteiger partial charge on any atom is 0.341 e. The largest absolute Gasteiger partial charge is 0.452 e.